The largest absolute Gasteiger partial charge is 0.736 e. The fraction of sp³-hybridized carbons (Fsp3) is 0.125. The molecule has 1 N–H and O–H groups in total. The highest BCUT2D eigenvalue weighted by Crippen LogP contribution is 2.35. The summed E-state index contributed by atoms with van der Waals surface area (Å²) >= 11 is 7.29. The Hall–Kier alpha value is -2.02. The lowest BCUT2D eigenvalue weighted by atomic mass is 10.1. The topological polar surface area (TPSA) is 76.1 Å². The molecule has 0 spiro atoms. The Balaban J connectivity index is 1.84. The van der Waals surface area contributed by atoms with Crippen LogP contribution in [0.4, 0.5) is 18.9 Å². The summed E-state index contributed by atoms with van der Waals surface area (Å²) in [7, 11) is -5.47. The maximum atomic E-state index is 12.4. The molecule has 12 heteroatoms. The summed E-state index contributed by atoms with van der Waals surface area (Å²) in [5.41, 5.74) is -3.63. The van der Waals surface area contributed by atoms with Crippen molar-refractivity contribution >= 4 is 56.1 Å². The number of carbonyl (C=O) groups excluding carboxylic acids is 1. The first-order valence-corrected chi connectivity index (χ1v) is 11.0. The summed E-state index contributed by atoms with van der Waals surface area (Å²) in [6, 6.07) is 7.06. The van der Waals surface area contributed by atoms with Gasteiger partial charge in [-0.2, -0.15) is 21.6 Å². The quantitative estimate of drug-likeness (QED) is 0.551. The highest BCUT2D eigenvalue weighted by atomic mass is 32.2. The van der Waals surface area contributed by atoms with Crippen molar-refractivity contribution in [2.45, 2.75) is 12.4 Å². The number of carbonyl (C=O) groups is 1. The number of nitrogens with one attached hydrogen (secondary N) is 1. The van der Waals surface area contributed by atoms with Crippen LogP contribution in [0.2, 0.25) is 0 Å². The van der Waals surface area contributed by atoms with Crippen molar-refractivity contribution in [1.82, 2.24) is 4.98 Å². The van der Waals surface area contributed by atoms with Crippen molar-refractivity contribution in [1.29, 1.82) is 0 Å². The number of thiazole rings is 1. The Labute approximate surface area is 171 Å². The zero-order valence-electron chi connectivity index (χ0n) is 13.9. The van der Waals surface area contributed by atoms with Gasteiger partial charge in [0.25, 0.3) is 0 Å². The molecule has 3 aromatic rings. The normalized spacial score (nSPS) is 12.1. The van der Waals surface area contributed by atoms with E-state index in [9.17, 15) is 26.4 Å². The number of aromatic nitrogens is 1. The van der Waals surface area contributed by atoms with Crippen LogP contribution in [0, 0.1) is 6.92 Å². The van der Waals surface area contributed by atoms with Gasteiger partial charge in [-0.1, -0.05) is 12.1 Å². The first-order chi connectivity index (χ1) is 13.0. The minimum atomic E-state index is -5.47. The zero-order chi connectivity index (χ0) is 20.7. The van der Waals surface area contributed by atoms with E-state index in [0.29, 0.717) is 21.1 Å². The van der Waals surface area contributed by atoms with Gasteiger partial charge < -0.3 is 17.4 Å². The monoisotopic (exact) mass is 463 g/mol. The maximum Gasteiger partial charge on any atom is 0.516 e. The first kappa shape index (κ1) is 20.7. The molecule has 0 bridgehead atoms. The number of nitrogens with zero attached hydrogens (tertiary/aromatic N) is 1. The van der Waals surface area contributed by atoms with Gasteiger partial charge in [0.1, 0.15) is 5.01 Å². The van der Waals surface area contributed by atoms with Crippen LogP contribution in [0.15, 0.2) is 35.7 Å². The molecule has 28 heavy (non-hydrogen) atoms. The number of benzene rings is 1. The second-order valence-corrected chi connectivity index (χ2v) is 9.69. The maximum absolute atomic E-state index is 12.4. The van der Waals surface area contributed by atoms with E-state index in [1.54, 1.807) is 11.4 Å². The number of hydrogen-bond acceptors (Lipinski definition) is 7. The predicted molar refractivity (Wildman–Crippen MR) is 106 cm³/mol. The minimum absolute atomic E-state index is 0.209. The van der Waals surface area contributed by atoms with Crippen molar-refractivity contribution in [2.75, 3.05) is 4.72 Å². The Morgan fingerprint density at radius 2 is 1.86 bits per heavy atom. The second kappa shape index (κ2) is 7.43. The molecule has 0 amide bonds. The number of thiophene rings is 1. The zero-order valence-corrected chi connectivity index (χ0v) is 17.2. The lowest BCUT2D eigenvalue weighted by Gasteiger charge is -2.10. The van der Waals surface area contributed by atoms with Gasteiger partial charge in [0.2, 0.25) is 0 Å². The van der Waals surface area contributed by atoms with Crippen LogP contribution in [0.1, 0.15) is 14.5 Å². The van der Waals surface area contributed by atoms with Gasteiger partial charge in [0, 0.05) is 31.9 Å². The second-order valence-electron chi connectivity index (χ2n) is 5.53. The van der Waals surface area contributed by atoms with Gasteiger partial charge >= 0.3 is 15.5 Å². The molecule has 0 fully saturated rings. The van der Waals surface area contributed by atoms with Gasteiger partial charge in [-0.15, -0.1) is 22.7 Å². The number of sulfonamides is 1. The van der Waals surface area contributed by atoms with Gasteiger partial charge in [-0.05, 0) is 25.1 Å². The third-order valence-electron chi connectivity index (χ3n) is 3.59. The molecule has 5 nitrogen and oxygen atoms in total. The molecule has 0 aliphatic heterocycles. The average molecular weight is 464 g/mol. The molecular formula is C16H10F3N2O3S4-. The molecule has 0 atom stereocenters. The highest BCUT2D eigenvalue weighted by molar-refractivity contribution is 7.93. The molecule has 0 radical (unpaired) electrons. The first-order valence-electron chi connectivity index (χ1n) is 7.45. The van der Waals surface area contributed by atoms with Gasteiger partial charge in [0.15, 0.2) is 0 Å². The number of anilines is 1. The molecule has 2 heterocycles. The van der Waals surface area contributed by atoms with Crippen LogP contribution in [0.5, 0.6) is 0 Å². The Kier molecular flexibility index (Phi) is 5.49. The summed E-state index contributed by atoms with van der Waals surface area (Å²) in [6.45, 7) is 1.85. The van der Waals surface area contributed by atoms with Gasteiger partial charge in [-0.25, -0.2) is 4.98 Å². The van der Waals surface area contributed by atoms with Crippen molar-refractivity contribution in [3.63, 3.8) is 0 Å². The van der Waals surface area contributed by atoms with Crippen molar-refractivity contribution in [3.8, 4) is 21.8 Å². The molecule has 0 saturated carbocycles. The molecular weight excluding hydrogens is 453 g/mol. The molecule has 0 aliphatic rings. The standard InChI is InChI=1S/C16H11F3N2O3S4/c1-8-11(6-13(27-8)15(22)25)14-20-12(7-26-14)9-2-4-10(5-3-9)21-28(23,24)16(17,18)19/h2-7,21H,1H3,(H,22,25)/p-1. The number of aryl methyl sites for hydroxylation is 1. The molecule has 0 saturated heterocycles. The summed E-state index contributed by atoms with van der Waals surface area (Å²) in [6.07, 6.45) is 0. The van der Waals surface area contributed by atoms with Crippen LogP contribution < -0.4 is 4.72 Å². The number of hydrogen-bond donors (Lipinski definition) is 1. The number of halogens is 3. The Morgan fingerprint density at radius 3 is 2.39 bits per heavy atom. The molecule has 3 rings (SSSR count). The average Bonchev–Trinajstić information content (AvgIpc) is 3.21. The van der Waals surface area contributed by atoms with E-state index < -0.39 is 20.6 Å². The molecule has 2 aromatic heterocycles. The fourth-order valence-corrected chi connectivity index (χ4v) is 4.82. The number of rotatable bonds is 5. The minimum Gasteiger partial charge on any atom is -0.736 e. The third kappa shape index (κ3) is 4.19. The van der Waals surface area contributed by atoms with Gasteiger partial charge in [-0.3, -0.25) is 4.72 Å². The van der Waals surface area contributed by atoms with Crippen molar-refractivity contribution in [3.05, 3.63) is 45.5 Å². The smallest absolute Gasteiger partial charge is 0.516 e. The van der Waals surface area contributed by atoms with Crippen LogP contribution in [0.25, 0.3) is 21.8 Å². The Bertz CT molecular complexity index is 1130. The van der Waals surface area contributed by atoms with E-state index in [2.05, 4.69) is 17.6 Å². The summed E-state index contributed by atoms with van der Waals surface area (Å²) < 4.78 is 61.0. The lowest BCUT2D eigenvalue weighted by Crippen LogP contribution is -2.29. The van der Waals surface area contributed by atoms with Gasteiger partial charge in [0.05, 0.1) is 10.8 Å². The highest BCUT2D eigenvalue weighted by Gasteiger charge is 2.46. The van der Waals surface area contributed by atoms with E-state index in [-0.39, 0.29) is 5.69 Å². The summed E-state index contributed by atoms with van der Waals surface area (Å²) in [5, 5.41) is 2.00. The predicted octanol–water partition coefficient (Wildman–Crippen LogP) is 4.80. The van der Waals surface area contributed by atoms with Crippen LogP contribution >= 0.6 is 22.7 Å². The molecule has 148 valence electrons. The summed E-state index contributed by atoms with van der Waals surface area (Å²) in [4.78, 5) is 17.2. The fourth-order valence-electron chi connectivity index (χ4n) is 2.25. The van der Waals surface area contributed by atoms with E-state index >= 15 is 0 Å². The van der Waals surface area contributed by atoms with Crippen LogP contribution in [0.3, 0.4) is 0 Å². The third-order valence-corrected chi connectivity index (χ3v) is 6.98. The SMILES string of the molecule is Cc1sc(C(=O)[S-])cc1-c1nc(-c2ccc(NS(=O)(=O)C(F)(F)F)cc2)cs1. The van der Waals surface area contributed by atoms with E-state index in [0.717, 1.165) is 10.4 Å². The van der Waals surface area contributed by atoms with Crippen molar-refractivity contribution in [2.24, 2.45) is 0 Å². The molecule has 1 aromatic carbocycles. The lowest BCUT2D eigenvalue weighted by molar-refractivity contribution is -0.0429. The number of alkyl halides is 3. The van der Waals surface area contributed by atoms with Crippen LogP contribution in [-0.2, 0) is 22.7 Å². The summed E-state index contributed by atoms with van der Waals surface area (Å²) in [5.74, 6) is 0. The Morgan fingerprint density at radius 1 is 1.21 bits per heavy atom. The van der Waals surface area contributed by atoms with E-state index in [1.807, 2.05) is 6.92 Å². The molecule has 0 unspecified atom stereocenters. The van der Waals surface area contributed by atoms with Crippen LogP contribution in [-0.4, -0.2) is 24.0 Å². The van der Waals surface area contributed by atoms with E-state index in [4.69, 9.17) is 0 Å². The van der Waals surface area contributed by atoms with Crippen molar-refractivity contribution < 1.29 is 26.4 Å². The van der Waals surface area contributed by atoms with E-state index in [1.165, 1.54) is 51.7 Å². The molecule has 0 aliphatic carbocycles.